The van der Waals surface area contributed by atoms with Crippen LogP contribution in [0.2, 0.25) is 0 Å². The molecule has 0 bridgehead atoms. The van der Waals surface area contributed by atoms with Gasteiger partial charge in [-0.3, -0.25) is 5.32 Å². The molecule has 26 heavy (non-hydrogen) atoms. The zero-order valence-electron chi connectivity index (χ0n) is 13.9. The van der Waals surface area contributed by atoms with Crippen LogP contribution in [0.15, 0.2) is 64.5 Å². The zero-order valence-corrected chi connectivity index (χ0v) is 16.3. The number of urea groups is 1. The van der Waals surface area contributed by atoms with Crippen molar-refractivity contribution in [3.05, 3.63) is 70.0 Å². The molecule has 3 rings (SSSR count). The van der Waals surface area contributed by atoms with Crippen molar-refractivity contribution >= 4 is 38.4 Å². The number of carbonyl (C=O) groups is 1. The van der Waals surface area contributed by atoms with Crippen LogP contribution >= 0.6 is 27.3 Å². The predicted octanol–water partition coefficient (Wildman–Crippen LogP) is 4.60. The maximum Gasteiger partial charge on any atom is 0.324 e. The molecule has 134 valence electrons. The third kappa shape index (κ3) is 4.69. The highest BCUT2D eigenvalue weighted by atomic mass is 79.9. The minimum atomic E-state index is -0.288. The van der Waals surface area contributed by atoms with E-state index in [9.17, 15) is 9.90 Å². The van der Waals surface area contributed by atoms with Gasteiger partial charge in [0.2, 0.25) is 0 Å². The van der Waals surface area contributed by atoms with Gasteiger partial charge in [-0.15, -0.1) is 11.3 Å². The molecule has 5 nitrogen and oxygen atoms in total. The number of nitrogens with one attached hydrogen (secondary N) is 1. The summed E-state index contributed by atoms with van der Waals surface area (Å²) in [6.45, 7) is 0.528. The van der Waals surface area contributed by atoms with Gasteiger partial charge < -0.3 is 10.0 Å². The molecule has 0 aliphatic rings. The highest BCUT2D eigenvalue weighted by molar-refractivity contribution is 9.10. The first kappa shape index (κ1) is 18.6. The van der Waals surface area contributed by atoms with Gasteiger partial charge in [-0.1, -0.05) is 64.5 Å². The number of thiazole rings is 1. The highest BCUT2D eigenvalue weighted by Crippen LogP contribution is 2.25. The van der Waals surface area contributed by atoms with Crippen LogP contribution < -0.4 is 5.32 Å². The van der Waals surface area contributed by atoms with Gasteiger partial charge in [-0.2, -0.15) is 0 Å². The number of carbonyl (C=O) groups excluding carboxylic acids is 1. The van der Waals surface area contributed by atoms with E-state index < -0.39 is 0 Å². The van der Waals surface area contributed by atoms with Crippen LogP contribution in [-0.4, -0.2) is 34.2 Å². The summed E-state index contributed by atoms with van der Waals surface area (Å²) in [5, 5.41) is 14.6. The van der Waals surface area contributed by atoms with Crippen LogP contribution in [0.1, 0.15) is 5.56 Å². The normalized spacial score (nSPS) is 10.5. The lowest BCUT2D eigenvalue weighted by Crippen LogP contribution is -2.36. The minimum absolute atomic E-state index is 0.106. The number of hydrogen-bond acceptors (Lipinski definition) is 4. The Labute approximate surface area is 164 Å². The third-order valence-electron chi connectivity index (χ3n) is 3.76. The third-order valence-corrected chi connectivity index (χ3v) is 5.30. The summed E-state index contributed by atoms with van der Waals surface area (Å²) in [5.74, 6) is 0. The van der Waals surface area contributed by atoms with Crippen LogP contribution in [0.25, 0.3) is 11.3 Å². The molecule has 1 heterocycles. The van der Waals surface area contributed by atoms with Crippen molar-refractivity contribution in [1.29, 1.82) is 0 Å². The van der Waals surface area contributed by atoms with E-state index in [2.05, 4.69) is 26.2 Å². The molecule has 0 fully saturated rings. The number of hydrogen-bond donors (Lipinski definition) is 2. The molecule has 3 aromatic rings. The molecular weight excluding hydrogens is 414 g/mol. The molecule has 0 radical (unpaired) electrons. The molecule has 0 unspecified atom stereocenters. The second-order valence-corrected chi connectivity index (χ2v) is 7.28. The van der Waals surface area contributed by atoms with Gasteiger partial charge in [0.05, 0.1) is 12.3 Å². The van der Waals surface area contributed by atoms with Crippen molar-refractivity contribution in [3.63, 3.8) is 0 Å². The Bertz CT molecular complexity index is 870. The van der Waals surface area contributed by atoms with Gasteiger partial charge in [0, 0.05) is 28.5 Å². The smallest absolute Gasteiger partial charge is 0.324 e. The first-order valence-corrected chi connectivity index (χ1v) is 9.76. The van der Waals surface area contributed by atoms with E-state index in [1.807, 2.05) is 60.0 Å². The zero-order chi connectivity index (χ0) is 18.4. The standard InChI is InChI=1S/C19H18BrN3O2S/c20-16-9-5-4-8-15(16)12-23(10-11-24)19(25)22-18-21-17(13-26-18)14-6-2-1-3-7-14/h1-9,13,24H,10-12H2,(H,21,22,25). The molecule has 0 atom stereocenters. The van der Waals surface area contributed by atoms with Gasteiger partial charge in [-0.05, 0) is 11.6 Å². The summed E-state index contributed by atoms with van der Waals surface area (Å²) >= 11 is 4.87. The molecule has 0 saturated heterocycles. The summed E-state index contributed by atoms with van der Waals surface area (Å²) in [6, 6.07) is 17.2. The number of benzene rings is 2. The Kier molecular flexibility index (Phi) is 6.38. The van der Waals surface area contributed by atoms with Crippen molar-refractivity contribution in [2.45, 2.75) is 6.54 Å². The fourth-order valence-corrected chi connectivity index (χ4v) is 3.57. The quantitative estimate of drug-likeness (QED) is 0.599. The molecule has 0 aliphatic heterocycles. The second kappa shape index (κ2) is 8.93. The Morgan fingerprint density at radius 2 is 1.88 bits per heavy atom. The van der Waals surface area contributed by atoms with Crippen molar-refractivity contribution in [2.75, 3.05) is 18.5 Å². The Hall–Kier alpha value is -2.22. The average Bonchev–Trinajstić information content (AvgIpc) is 3.12. The molecule has 2 N–H and O–H groups in total. The van der Waals surface area contributed by atoms with Crippen LogP contribution in [-0.2, 0) is 6.54 Å². The van der Waals surface area contributed by atoms with E-state index in [1.54, 1.807) is 4.90 Å². The maximum atomic E-state index is 12.6. The number of anilines is 1. The summed E-state index contributed by atoms with van der Waals surface area (Å²) in [4.78, 5) is 18.7. The first-order chi connectivity index (χ1) is 12.7. The number of nitrogens with zero attached hydrogens (tertiary/aromatic N) is 2. The Morgan fingerprint density at radius 3 is 2.62 bits per heavy atom. The van der Waals surface area contributed by atoms with Crippen LogP contribution in [0.3, 0.4) is 0 Å². The lowest BCUT2D eigenvalue weighted by Gasteiger charge is -2.22. The Balaban J connectivity index is 1.70. The van der Waals surface area contributed by atoms with E-state index >= 15 is 0 Å². The van der Waals surface area contributed by atoms with Gasteiger partial charge in [-0.25, -0.2) is 9.78 Å². The topological polar surface area (TPSA) is 65.5 Å². The van der Waals surface area contributed by atoms with Crippen molar-refractivity contribution in [2.24, 2.45) is 0 Å². The fourth-order valence-electron chi connectivity index (χ4n) is 2.45. The van der Waals surface area contributed by atoms with E-state index in [4.69, 9.17) is 0 Å². The lowest BCUT2D eigenvalue weighted by atomic mass is 10.2. The number of aliphatic hydroxyl groups excluding tert-OH is 1. The van der Waals surface area contributed by atoms with Crippen LogP contribution in [0.5, 0.6) is 0 Å². The number of halogens is 1. The molecule has 2 amide bonds. The monoisotopic (exact) mass is 431 g/mol. The molecular formula is C19H18BrN3O2S. The van der Waals surface area contributed by atoms with Gasteiger partial charge in [0.15, 0.2) is 5.13 Å². The second-order valence-electron chi connectivity index (χ2n) is 5.57. The van der Waals surface area contributed by atoms with Crippen LogP contribution in [0, 0.1) is 0 Å². The number of amides is 2. The van der Waals surface area contributed by atoms with Crippen LogP contribution in [0.4, 0.5) is 9.93 Å². The molecule has 7 heteroatoms. The fraction of sp³-hybridized carbons (Fsp3) is 0.158. The van der Waals surface area contributed by atoms with E-state index in [1.165, 1.54) is 11.3 Å². The summed E-state index contributed by atoms with van der Waals surface area (Å²) in [5.41, 5.74) is 2.80. The van der Waals surface area contributed by atoms with E-state index in [0.29, 0.717) is 11.7 Å². The minimum Gasteiger partial charge on any atom is -0.395 e. The van der Waals surface area contributed by atoms with E-state index in [0.717, 1.165) is 21.3 Å². The first-order valence-electron chi connectivity index (χ1n) is 8.08. The van der Waals surface area contributed by atoms with Crippen molar-refractivity contribution in [3.8, 4) is 11.3 Å². The Morgan fingerprint density at radius 1 is 1.15 bits per heavy atom. The van der Waals surface area contributed by atoms with Gasteiger partial charge in [0.1, 0.15) is 0 Å². The lowest BCUT2D eigenvalue weighted by molar-refractivity contribution is 0.185. The highest BCUT2D eigenvalue weighted by Gasteiger charge is 2.16. The van der Waals surface area contributed by atoms with E-state index in [-0.39, 0.29) is 19.2 Å². The predicted molar refractivity (Wildman–Crippen MR) is 108 cm³/mol. The number of aromatic nitrogens is 1. The SMILES string of the molecule is O=C(Nc1nc(-c2ccccc2)cs1)N(CCO)Cc1ccccc1Br. The molecule has 0 aliphatic carbocycles. The number of aliphatic hydroxyl groups is 1. The van der Waals surface area contributed by atoms with Gasteiger partial charge in [0.25, 0.3) is 0 Å². The van der Waals surface area contributed by atoms with Crippen molar-refractivity contribution in [1.82, 2.24) is 9.88 Å². The average molecular weight is 432 g/mol. The molecule has 2 aromatic carbocycles. The number of rotatable bonds is 6. The van der Waals surface area contributed by atoms with Crippen molar-refractivity contribution < 1.29 is 9.90 Å². The molecule has 0 saturated carbocycles. The summed E-state index contributed by atoms with van der Waals surface area (Å²) < 4.78 is 0.927. The van der Waals surface area contributed by atoms with Gasteiger partial charge >= 0.3 is 6.03 Å². The largest absolute Gasteiger partial charge is 0.395 e. The molecule has 0 spiro atoms. The summed E-state index contributed by atoms with van der Waals surface area (Å²) in [7, 11) is 0. The summed E-state index contributed by atoms with van der Waals surface area (Å²) in [6.07, 6.45) is 0. The molecule has 1 aromatic heterocycles. The maximum absolute atomic E-state index is 12.6.